The minimum Gasteiger partial charge on any atom is -0.399 e. The average molecular weight is 472 g/mol. The summed E-state index contributed by atoms with van der Waals surface area (Å²) in [5.41, 5.74) is 3.22. The van der Waals surface area contributed by atoms with E-state index < -0.39 is 6.10 Å². The Morgan fingerprint density at radius 2 is 1.38 bits per heavy atom. The van der Waals surface area contributed by atoms with Crippen molar-refractivity contribution in [2.75, 3.05) is 7.11 Å². The van der Waals surface area contributed by atoms with Gasteiger partial charge in [0.1, 0.15) is 7.11 Å². The molecule has 10 unspecified atom stereocenters. The van der Waals surface area contributed by atoms with E-state index in [9.17, 15) is 5.11 Å². The van der Waals surface area contributed by atoms with Crippen LogP contribution in [0.3, 0.4) is 0 Å². The number of aliphatic hydroxyl groups excluding tert-OH is 1. The van der Waals surface area contributed by atoms with Crippen molar-refractivity contribution in [2.24, 2.45) is 61.3 Å². The molecule has 5 fully saturated rings. The number of oxime groups is 1. The first kappa shape index (κ1) is 25.1. The zero-order chi connectivity index (χ0) is 24.9. The van der Waals surface area contributed by atoms with Crippen molar-refractivity contribution in [3.05, 3.63) is 0 Å². The van der Waals surface area contributed by atoms with Crippen LogP contribution >= 0.6 is 0 Å². The molecule has 0 radical (unpaired) electrons. The van der Waals surface area contributed by atoms with Crippen LogP contribution in [0.4, 0.5) is 0 Å². The number of aliphatic hydroxyl groups is 1. The molecule has 34 heavy (non-hydrogen) atoms. The van der Waals surface area contributed by atoms with Gasteiger partial charge in [0, 0.05) is 5.92 Å². The molecule has 5 aliphatic rings. The predicted molar refractivity (Wildman–Crippen MR) is 141 cm³/mol. The minimum absolute atomic E-state index is 0.196. The first-order valence-electron chi connectivity index (χ1n) is 14.5. The van der Waals surface area contributed by atoms with Gasteiger partial charge in [0.2, 0.25) is 0 Å². The molecule has 5 rings (SSSR count). The molecule has 0 amide bonds. The Bertz CT molecular complexity index is 865. The van der Waals surface area contributed by atoms with Crippen LogP contribution in [0.15, 0.2) is 5.16 Å². The fraction of sp³-hybridized carbons (Fsp3) is 0.968. The molecular weight excluding hydrogens is 418 g/mol. The molecule has 0 spiro atoms. The second kappa shape index (κ2) is 7.48. The lowest BCUT2D eigenvalue weighted by molar-refractivity contribution is -0.256. The van der Waals surface area contributed by atoms with Crippen molar-refractivity contribution >= 4 is 5.71 Å². The molecule has 0 bridgehead atoms. The standard InChI is InChI=1S/C31H53NO2/c1-20-25(32-34-9)21(33)18-23-28(20,5)11-10-22-29(23,6)15-17-31(8)24-19-26(2,3)12-13-27(24,4)14-16-30(22,31)7/h20-24,33H,10-19H2,1-9H3/b32-25+. The maximum absolute atomic E-state index is 11.2. The summed E-state index contributed by atoms with van der Waals surface area (Å²) in [6, 6.07) is 0. The zero-order valence-electron chi connectivity index (χ0n) is 23.8. The van der Waals surface area contributed by atoms with E-state index in [-0.39, 0.29) is 11.3 Å². The van der Waals surface area contributed by atoms with Gasteiger partial charge in [0.05, 0.1) is 11.8 Å². The highest BCUT2D eigenvalue weighted by Gasteiger charge is 2.71. The van der Waals surface area contributed by atoms with Crippen molar-refractivity contribution in [1.29, 1.82) is 0 Å². The van der Waals surface area contributed by atoms with Crippen molar-refractivity contribution < 1.29 is 9.94 Å². The first-order chi connectivity index (χ1) is 15.7. The molecule has 0 aliphatic heterocycles. The van der Waals surface area contributed by atoms with Crippen molar-refractivity contribution in [3.63, 3.8) is 0 Å². The molecule has 3 nitrogen and oxygen atoms in total. The number of fused-ring (bicyclic) bond motifs is 7. The van der Waals surface area contributed by atoms with E-state index in [2.05, 4.69) is 60.5 Å². The van der Waals surface area contributed by atoms with Crippen LogP contribution in [0, 0.1) is 56.2 Å². The summed E-state index contributed by atoms with van der Waals surface area (Å²) in [5.74, 6) is 2.43. The average Bonchev–Trinajstić information content (AvgIpc) is 2.76. The topological polar surface area (TPSA) is 41.8 Å². The van der Waals surface area contributed by atoms with Crippen molar-refractivity contribution in [2.45, 2.75) is 126 Å². The molecule has 10 atom stereocenters. The lowest BCUT2D eigenvalue weighted by atomic mass is 9.30. The molecule has 0 saturated heterocycles. The van der Waals surface area contributed by atoms with Gasteiger partial charge >= 0.3 is 0 Å². The van der Waals surface area contributed by atoms with Gasteiger partial charge in [-0.2, -0.15) is 0 Å². The number of rotatable bonds is 1. The molecular formula is C31H53NO2. The minimum atomic E-state index is -0.460. The van der Waals surface area contributed by atoms with Crippen molar-refractivity contribution in [3.8, 4) is 0 Å². The third kappa shape index (κ3) is 3.07. The summed E-state index contributed by atoms with van der Waals surface area (Å²) < 4.78 is 0. The fourth-order valence-electron chi connectivity index (χ4n) is 11.4. The zero-order valence-corrected chi connectivity index (χ0v) is 23.8. The van der Waals surface area contributed by atoms with E-state index in [0.29, 0.717) is 33.0 Å². The Balaban J connectivity index is 1.54. The SMILES string of the molecule is CO/N=C1/C(O)CC2C(C)(CCC3C2(C)CCC2(C)C4CC(C)(C)CCC4(C)CCC32C)C1C. The highest BCUT2D eigenvalue weighted by Crippen LogP contribution is 2.78. The van der Waals surface area contributed by atoms with Gasteiger partial charge < -0.3 is 9.94 Å². The largest absolute Gasteiger partial charge is 0.399 e. The Morgan fingerprint density at radius 1 is 0.765 bits per heavy atom. The van der Waals surface area contributed by atoms with Crippen molar-refractivity contribution in [1.82, 2.24) is 0 Å². The molecule has 0 aromatic carbocycles. The molecule has 5 saturated carbocycles. The summed E-state index contributed by atoms with van der Waals surface area (Å²) in [7, 11) is 1.62. The van der Waals surface area contributed by atoms with E-state index in [4.69, 9.17) is 4.84 Å². The van der Waals surface area contributed by atoms with Gasteiger partial charge in [-0.05, 0) is 114 Å². The third-order valence-electron chi connectivity index (χ3n) is 14.0. The monoisotopic (exact) mass is 471 g/mol. The Labute approximate surface area is 209 Å². The smallest absolute Gasteiger partial charge is 0.106 e. The highest BCUT2D eigenvalue weighted by atomic mass is 16.6. The Morgan fingerprint density at radius 3 is 2.06 bits per heavy atom. The fourth-order valence-corrected chi connectivity index (χ4v) is 11.4. The maximum Gasteiger partial charge on any atom is 0.106 e. The molecule has 0 aromatic rings. The molecule has 3 heteroatoms. The van der Waals surface area contributed by atoms with Crippen LogP contribution in [-0.2, 0) is 4.84 Å². The maximum atomic E-state index is 11.2. The van der Waals surface area contributed by atoms with Crippen LogP contribution in [0.5, 0.6) is 0 Å². The van der Waals surface area contributed by atoms with E-state index in [1.54, 1.807) is 7.11 Å². The van der Waals surface area contributed by atoms with E-state index in [1.807, 2.05) is 0 Å². The summed E-state index contributed by atoms with van der Waals surface area (Å²) >= 11 is 0. The second-order valence-corrected chi connectivity index (χ2v) is 15.7. The molecule has 0 heterocycles. The number of nitrogens with zero attached hydrogens (tertiary/aromatic N) is 1. The molecule has 5 aliphatic carbocycles. The summed E-state index contributed by atoms with van der Waals surface area (Å²) in [6.45, 7) is 20.6. The summed E-state index contributed by atoms with van der Waals surface area (Å²) in [4.78, 5) is 5.18. The lowest BCUT2D eigenvalue weighted by Gasteiger charge is -2.75. The number of hydrogen-bond acceptors (Lipinski definition) is 3. The first-order valence-corrected chi connectivity index (χ1v) is 14.5. The van der Waals surface area contributed by atoms with Gasteiger partial charge in [-0.15, -0.1) is 0 Å². The van der Waals surface area contributed by atoms with Gasteiger partial charge in [-0.1, -0.05) is 60.5 Å². The van der Waals surface area contributed by atoms with Crippen LogP contribution in [0.1, 0.15) is 120 Å². The Hall–Kier alpha value is -0.570. The van der Waals surface area contributed by atoms with Crippen LogP contribution in [0.2, 0.25) is 0 Å². The normalized spacial score (nSPS) is 57.7. The summed E-state index contributed by atoms with van der Waals surface area (Å²) in [6.07, 6.45) is 12.7. The van der Waals surface area contributed by atoms with Gasteiger partial charge in [-0.3, -0.25) is 0 Å². The second-order valence-electron chi connectivity index (χ2n) is 15.7. The molecule has 0 aromatic heterocycles. The van der Waals surface area contributed by atoms with Crippen LogP contribution in [-0.4, -0.2) is 24.0 Å². The van der Waals surface area contributed by atoms with Crippen LogP contribution in [0.25, 0.3) is 0 Å². The number of hydrogen-bond donors (Lipinski definition) is 1. The van der Waals surface area contributed by atoms with E-state index in [1.165, 1.54) is 57.8 Å². The van der Waals surface area contributed by atoms with Gasteiger partial charge in [-0.25, -0.2) is 0 Å². The van der Waals surface area contributed by atoms with Gasteiger partial charge in [0.15, 0.2) is 0 Å². The predicted octanol–water partition coefficient (Wildman–Crippen LogP) is 7.86. The lowest BCUT2D eigenvalue weighted by Crippen LogP contribution is -2.68. The highest BCUT2D eigenvalue weighted by molar-refractivity contribution is 5.91. The summed E-state index contributed by atoms with van der Waals surface area (Å²) in [5, 5.41) is 15.5. The Kier molecular flexibility index (Phi) is 5.52. The van der Waals surface area contributed by atoms with Gasteiger partial charge in [0.25, 0.3) is 0 Å². The van der Waals surface area contributed by atoms with Crippen LogP contribution < -0.4 is 0 Å². The van der Waals surface area contributed by atoms with E-state index in [0.717, 1.165) is 24.0 Å². The third-order valence-corrected chi connectivity index (χ3v) is 14.0. The van der Waals surface area contributed by atoms with E-state index >= 15 is 0 Å². The molecule has 194 valence electrons. The molecule has 1 N–H and O–H groups in total. The quantitative estimate of drug-likeness (QED) is 0.395.